The molecular formula is C22H28N2O5S. The van der Waals surface area contributed by atoms with E-state index in [2.05, 4.69) is 5.32 Å². The molecule has 0 spiro atoms. The number of para-hydroxylation sites is 1. The van der Waals surface area contributed by atoms with Crippen LogP contribution in [-0.2, 0) is 14.8 Å². The van der Waals surface area contributed by atoms with E-state index < -0.39 is 21.7 Å². The Morgan fingerprint density at radius 2 is 1.90 bits per heavy atom. The third kappa shape index (κ3) is 4.70. The predicted molar refractivity (Wildman–Crippen MR) is 116 cm³/mol. The number of amides is 1. The van der Waals surface area contributed by atoms with Gasteiger partial charge in [-0.25, -0.2) is 8.42 Å². The van der Waals surface area contributed by atoms with Gasteiger partial charge in [0.25, 0.3) is 0 Å². The first kappa shape index (κ1) is 22.0. The molecule has 30 heavy (non-hydrogen) atoms. The van der Waals surface area contributed by atoms with Crippen molar-refractivity contribution < 1.29 is 22.7 Å². The van der Waals surface area contributed by atoms with Crippen molar-refractivity contribution in [2.75, 3.05) is 17.7 Å². The van der Waals surface area contributed by atoms with Crippen LogP contribution in [0.4, 0.5) is 5.69 Å². The Morgan fingerprint density at radius 3 is 2.50 bits per heavy atom. The predicted octanol–water partition coefficient (Wildman–Crippen LogP) is 3.27. The van der Waals surface area contributed by atoms with Crippen LogP contribution in [-0.4, -0.2) is 39.3 Å². The van der Waals surface area contributed by atoms with Crippen molar-refractivity contribution >= 4 is 21.6 Å². The van der Waals surface area contributed by atoms with Crippen molar-refractivity contribution in [2.24, 2.45) is 0 Å². The Kier molecular flexibility index (Phi) is 5.99. The van der Waals surface area contributed by atoms with Crippen molar-refractivity contribution in [3.05, 3.63) is 54.1 Å². The molecule has 2 atom stereocenters. The number of nitrogens with zero attached hydrogens (tertiary/aromatic N) is 1. The first-order valence-electron chi connectivity index (χ1n) is 9.73. The fraction of sp³-hybridized carbons (Fsp3) is 0.409. The lowest BCUT2D eigenvalue weighted by Gasteiger charge is -2.39. The Bertz CT molecular complexity index is 1020. The van der Waals surface area contributed by atoms with Gasteiger partial charge in [-0.05, 0) is 45.0 Å². The maximum atomic E-state index is 13.1. The fourth-order valence-corrected chi connectivity index (χ4v) is 4.94. The molecule has 1 heterocycles. The summed E-state index contributed by atoms with van der Waals surface area (Å²) in [6.07, 6.45) is 1.65. The Hall–Kier alpha value is -2.74. The zero-order valence-electron chi connectivity index (χ0n) is 17.9. The number of carbonyl (C=O) groups excluding carboxylic acids is 1. The number of carbonyl (C=O) groups is 1. The molecule has 0 aliphatic carbocycles. The Labute approximate surface area is 178 Å². The van der Waals surface area contributed by atoms with E-state index >= 15 is 0 Å². The summed E-state index contributed by atoms with van der Waals surface area (Å²) in [5.41, 5.74) is 0.776. The van der Waals surface area contributed by atoms with Crippen LogP contribution in [0, 0.1) is 0 Å². The topological polar surface area (TPSA) is 84.9 Å². The summed E-state index contributed by atoms with van der Waals surface area (Å²) < 4.78 is 37.4. The summed E-state index contributed by atoms with van der Waals surface area (Å²) >= 11 is 0. The molecular weight excluding hydrogens is 404 g/mol. The van der Waals surface area contributed by atoms with Gasteiger partial charge in [-0.2, -0.15) is 0 Å². The van der Waals surface area contributed by atoms with Crippen LogP contribution in [0.5, 0.6) is 11.5 Å². The normalized spacial score (nSPS) is 18.5. The van der Waals surface area contributed by atoms with E-state index in [0.717, 1.165) is 16.1 Å². The molecule has 0 aromatic heterocycles. The van der Waals surface area contributed by atoms with Gasteiger partial charge in [0.05, 0.1) is 25.1 Å². The number of hydrogen-bond acceptors (Lipinski definition) is 5. The first-order chi connectivity index (χ1) is 14.0. The number of rotatable bonds is 6. The molecule has 2 aromatic carbocycles. The number of hydrogen-bond donors (Lipinski definition) is 1. The minimum absolute atomic E-state index is 0.318. The number of sulfonamides is 1. The Balaban J connectivity index is 1.89. The maximum Gasteiger partial charge on any atom is 0.244 e. The van der Waals surface area contributed by atoms with E-state index in [1.807, 2.05) is 26.0 Å². The van der Waals surface area contributed by atoms with Gasteiger partial charge in [0, 0.05) is 18.1 Å². The van der Waals surface area contributed by atoms with Gasteiger partial charge < -0.3 is 14.8 Å². The van der Waals surface area contributed by atoms with Crippen molar-refractivity contribution in [1.29, 1.82) is 0 Å². The van der Waals surface area contributed by atoms with Crippen LogP contribution in [0.1, 0.15) is 38.8 Å². The molecule has 1 aliphatic heterocycles. The van der Waals surface area contributed by atoms with Crippen LogP contribution >= 0.6 is 0 Å². The standard InChI is InChI=1S/C22H28N2O5S/c1-15(24(30(5,26)27)16-9-7-6-8-10-16)21(25)23-19-14-22(2,3)29-20-13-17(28-4)11-12-18(19)20/h6-13,15,19H,14H2,1-5H3,(H,23,25)/t15-,19+/m0/s1. The highest BCUT2D eigenvalue weighted by molar-refractivity contribution is 7.92. The van der Waals surface area contributed by atoms with Gasteiger partial charge in [-0.1, -0.05) is 18.2 Å². The highest BCUT2D eigenvalue weighted by Gasteiger charge is 2.37. The van der Waals surface area contributed by atoms with Crippen LogP contribution in [0.15, 0.2) is 48.5 Å². The monoisotopic (exact) mass is 432 g/mol. The second kappa shape index (κ2) is 8.18. The molecule has 7 nitrogen and oxygen atoms in total. The van der Waals surface area contributed by atoms with Gasteiger partial charge in [0.1, 0.15) is 23.1 Å². The van der Waals surface area contributed by atoms with Crippen molar-refractivity contribution in [2.45, 2.75) is 44.9 Å². The van der Waals surface area contributed by atoms with Gasteiger partial charge >= 0.3 is 0 Å². The zero-order valence-corrected chi connectivity index (χ0v) is 18.7. The van der Waals surface area contributed by atoms with Gasteiger partial charge in [-0.15, -0.1) is 0 Å². The van der Waals surface area contributed by atoms with Gasteiger partial charge in [0.15, 0.2) is 0 Å². The minimum Gasteiger partial charge on any atom is -0.497 e. The van der Waals surface area contributed by atoms with E-state index in [1.54, 1.807) is 50.4 Å². The third-order valence-corrected chi connectivity index (χ3v) is 6.34. The molecule has 1 aliphatic rings. The molecule has 1 N–H and O–H groups in total. The molecule has 2 aromatic rings. The quantitative estimate of drug-likeness (QED) is 0.757. The molecule has 1 amide bonds. The van der Waals surface area contributed by atoms with Crippen LogP contribution < -0.4 is 19.1 Å². The largest absolute Gasteiger partial charge is 0.497 e. The summed E-state index contributed by atoms with van der Waals surface area (Å²) in [7, 11) is -2.08. The third-order valence-electron chi connectivity index (χ3n) is 5.09. The fourth-order valence-electron chi connectivity index (χ4n) is 3.76. The van der Waals surface area contributed by atoms with E-state index in [9.17, 15) is 13.2 Å². The van der Waals surface area contributed by atoms with Crippen LogP contribution in [0.3, 0.4) is 0 Å². The minimum atomic E-state index is -3.66. The molecule has 162 valence electrons. The number of ether oxygens (including phenoxy) is 2. The molecule has 0 saturated carbocycles. The molecule has 8 heteroatoms. The molecule has 3 rings (SSSR count). The van der Waals surface area contributed by atoms with E-state index in [0.29, 0.717) is 23.6 Å². The van der Waals surface area contributed by atoms with Crippen LogP contribution in [0.2, 0.25) is 0 Å². The number of anilines is 1. The SMILES string of the molecule is COc1ccc2c(c1)OC(C)(C)C[C@H]2NC(=O)[C@H](C)N(c1ccccc1)S(C)(=O)=O. The summed E-state index contributed by atoms with van der Waals surface area (Å²) in [4.78, 5) is 13.1. The van der Waals surface area contributed by atoms with Gasteiger partial charge in [0.2, 0.25) is 15.9 Å². The molecule has 0 radical (unpaired) electrons. The highest BCUT2D eigenvalue weighted by atomic mass is 32.2. The number of benzene rings is 2. The molecule has 0 bridgehead atoms. The van der Waals surface area contributed by atoms with Crippen molar-refractivity contribution in [1.82, 2.24) is 5.32 Å². The van der Waals surface area contributed by atoms with E-state index in [4.69, 9.17) is 9.47 Å². The van der Waals surface area contributed by atoms with Crippen molar-refractivity contribution in [3.63, 3.8) is 0 Å². The first-order valence-corrected chi connectivity index (χ1v) is 11.6. The highest BCUT2D eigenvalue weighted by Crippen LogP contribution is 2.41. The van der Waals surface area contributed by atoms with E-state index in [-0.39, 0.29) is 11.9 Å². The van der Waals surface area contributed by atoms with Crippen molar-refractivity contribution in [3.8, 4) is 11.5 Å². The number of nitrogens with one attached hydrogen (secondary N) is 1. The summed E-state index contributed by atoms with van der Waals surface area (Å²) in [5.74, 6) is 0.928. The van der Waals surface area contributed by atoms with E-state index in [1.165, 1.54) is 0 Å². The second-order valence-electron chi connectivity index (χ2n) is 8.10. The summed E-state index contributed by atoms with van der Waals surface area (Å²) in [6.45, 7) is 5.48. The second-order valence-corrected chi connectivity index (χ2v) is 9.96. The lowest BCUT2D eigenvalue weighted by Crippen LogP contribution is -2.50. The van der Waals surface area contributed by atoms with Crippen LogP contribution in [0.25, 0.3) is 0 Å². The average Bonchev–Trinajstić information content (AvgIpc) is 2.66. The number of methoxy groups -OCH3 is 1. The lowest BCUT2D eigenvalue weighted by atomic mass is 9.89. The molecule has 0 fully saturated rings. The summed E-state index contributed by atoms with van der Waals surface area (Å²) in [5, 5.41) is 3.02. The maximum absolute atomic E-state index is 13.1. The number of fused-ring (bicyclic) bond motifs is 1. The lowest BCUT2D eigenvalue weighted by molar-refractivity contribution is -0.123. The summed E-state index contributed by atoms with van der Waals surface area (Å²) in [6, 6.07) is 12.9. The molecule has 0 unspecified atom stereocenters. The smallest absolute Gasteiger partial charge is 0.244 e. The average molecular weight is 433 g/mol. The van der Waals surface area contributed by atoms with Gasteiger partial charge in [-0.3, -0.25) is 9.10 Å². The molecule has 0 saturated heterocycles. The zero-order chi connectivity index (χ0) is 22.1. The Morgan fingerprint density at radius 1 is 1.23 bits per heavy atom.